The number of aromatic nitrogens is 2. The van der Waals surface area contributed by atoms with E-state index in [0.717, 1.165) is 23.0 Å². The number of hydrogen-bond donors (Lipinski definition) is 1. The molecule has 0 spiro atoms. The summed E-state index contributed by atoms with van der Waals surface area (Å²) in [5.74, 6) is 0. The van der Waals surface area contributed by atoms with Gasteiger partial charge in [0.2, 0.25) is 0 Å². The standard InChI is InChI=1S/C13H15BrClN3/c1-2-12(16)5-9-3-4-10(14)6-13(9)18-8-11(15)7-17-18/h3-4,6-8,12H,2,5,16H2,1H3. The molecule has 0 aliphatic carbocycles. The molecule has 1 unspecified atom stereocenters. The highest BCUT2D eigenvalue weighted by atomic mass is 79.9. The third-order valence-corrected chi connectivity index (χ3v) is 3.54. The molecule has 18 heavy (non-hydrogen) atoms. The smallest absolute Gasteiger partial charge is 0.0790 e. The topological polar surface area (TPSA) is 43.8 Å². The van der Waals surface area contributed by atoms with Crippen LogP contribution in [0.1, 0.15) is 18.9 Å². The van der Waals surface area contributed by atoms with Crippen LogP contribution >= 0.6 is 27.5 Å². The van der Waals surface area contributed by atoms with E-state index in [1.54, 1.807) is 17.1 Å². The number of benzene rings is 1. The average Bonchev–Trinajstić information content (AvgIpc) is 2.78. The maximum Gasteiger partial charge on any atom is 0.0790 e. The summed E-state index contributed by atoms with van der Waals surface area (Å²) in [6, 6.07) is 6.29. The first-order chi connectivity index (χ1) is 8.60. The highest BCUT2D eigenvalue weighted by Crippen LogP contribution is 2.22. The molecule has 0 saturated carbocycles. The molecule has 1 aromatic carbocycles. The molecule has 0 bridgehead atoms. The quantitative estimate of drug-likeness (QED) is 0.932. The van der Waals surface area contributed by atoms with E-state index < -0.39 is 0 Å². The summed E-state index contributed by atoms with van der Waals surface area (Å²) >= 11 is 9.39. The second-order valence-corrected chi connectivity index (χ2v) is 5.60. The number of rotatable bonds is 4. The Kier molecular flexibility index (Phi) is 4.43. The van der Waals surface area contributed by atoms with Gasteiger partial charge in [-0.25, -0.2) is 4.68 Å². The minimum Gasteiger partial charge on any atom is -0.327 e. The molecule has 0 radical (unpaired) electrons. The highest BCUT2D eigenvalue weighted by Gasteiger charge is 2.10. The fourth-order valence-corrected chi connectivity index (χ4v) is 2.27. The van der Waals surface area contributed by atoms with Crippen molar-refractivity contribution in [3.05, 3.63) is 45.7 Å². The molecule has 0 amide bonds. The summed E-state index contributed by atoms with van der Waals surface area (Å²) in [6.45, 7) is 2.09. The largest absolute Gasteiger partial charge is 0.327 e. The Balaban J connectivity index is 2.40. The van der Waals surface area contributed by atoms with Crippen molar-refractivity contribution in [3.8, 4) is 5.69 Å². The van der Waals surface area contributed by atoms with E-state index in [-0.39, 0.29) is 6.04 Å². The van der Waals surface area contributed by atoms with Crippen molar-refractivity contribution in [2.24, 2.45) is 5.73 Å². The lowest BCUT2D eigenvalue weighted by molar-refractivity contribution is 0.642. The van der Waals surface area contributed by atoms with E-state index >= 15 is 0 Å². The Bertz CT molecular complexity index is 539. The van der Waals surface area contributed by atoms with Crippen LogP contribution in [-0.2, 0) is 6.42 Å². The average molecular weight is 329 g/mol. The van der Waals surface area contributed by atoms with Crippen LogP contribution in [0.25, 0.3) is 5.69 Å². The fraction of sp³-hybridized carbons (Fsp3) is 0.308. The molecular weight excluding hydrogens is 314 g/mol. The van der Waals surface area contributed by atoms with E-state index in [2.05, 4.69) is 34.0 Å². The minimum atomic E-state index is 0.163. The van der Waals surface area contributed by atoms with Gasteiger partial charge in [0.15, 0.2) is 0 Å². The van der Waals surface area contributed by atoms with Crippen LogP contribution in [0.4, 0.5) is 0 Å². The van der Waals surface area contributed by atoms with Crippen molar-refractivity contribution in [1.29, 1.82) is 0 Å². The molecular formula is C13H15BrClN3. The second-order valence-electron chi connectivity index (χ2n) is 4.25. The number of halogens is 2. The monoisotopic (exact) mass is 327 g/mol. The molecule has 2 rings (SSSR count). The van der Waals surface area contributed by atoms with Gasteiger partial charge in [0.25, 0.3) is 0 Å². The number of hydrogen-bond acceptors (Lipinski definition) is 2. The van der Waals surface area contributed by atoms with Crippen molar-refractivity contribution in [1.82, 2.24) is 9.78 Å². The van der Waals surface area contributed by atoms with Crippen molar-refractivity contribution in [2.75, 3.05) is 0 Å². The van der Waals surface area contributed by atoms with E-state index in [1.165, 1.54) is 5.56 Å². The zero-order valence-corrected chi connectivity index (χ0v) is 12.4. The van der Waals surface area contributed by atoms with Gasteiger partial charge in [-0.1, -0.05) is 40.5 Å². The zero-order valence-electron chi connectivity index (χ0n) is 10.1. The van der Waals surface area contributed by atoms with Gasteiger partial charge in [-0.15, -0.1) is 0 Å². The van der Waals surface area contributed by atoms with E-state index in [4.69, 9.17) is 17.3 Å². The van der Waals surface area contributed by atoms with Crippen molar-refractivity contribution in [3.63, 3.8) is 0 Å². The van der Waals surface area contributed by atoms with Crippen LogP contribution in [-0.4, -0.2) is 15.8 Å². The van der Waals surface area contributed by atoms with Gasteiger partial charge in [-0.3, -0.25) is 0 Å². The van der Waals surface area contributed by atoms with Crippen molar-refractivity contribution < 1.29 is 0 Å². The van der Waals surface area contributed by atoms with Crippen LogP contribution in [0.15, 0.2) is 35.1 Å². The first-order valence-corrected chi connectivity index (χ1v) is 7.01. The maximum absolute atomic E-state index is 6.03. The van der Waals surface area contributed by atoms with Gasteiger partial charge < -0.3 is 5.73 Å². The zero-order chi connectivity index (χ0) is 13.1. The van der Waals surface area contributed by atoms with Gasteiger partial charge in [0.05, 0.1) is 16.9 Å². The predicted octanol–water partition coefficient (Wildman–Crippen LogP) is 3.57. The van der Waals surface area contributed by atoms with Crippen LogP contribution in [0, 0.1) is 0 Å². The second kappa shape index (κ2) is 5.87. The molecule has 5 heteroatoms. The Hall–Kier alpha value is -0.840. The van der Waals surface area contributed by atoms with E-state index in [0.29, 0.717) is 5.02 Å². The van der Waals surface area contributed by atoms with Gasteiger partial charge in [0.1, 0.15) is 0 Å². The van der Waals surface area contributed by atoms with Crippen LogP contribution < -0.4 is 5.73 Å². The van der Waals surface area contributed by atoms with Gasteiger partial charge >= 0.3 is 0 Å². The Morgan fingerprint density at radius 2 is 2.28 bits per heavy atom. The lowest BCUT2D eigenvalue weighted by atomic mass is 10.0. The van der Waals surface area contributed by atoms with Gasteiger partial charge in [0, 0.05) is 16.7 Å². The summed E-state index contributed by atoms with van der Waals surface area (Å²) in [5, 5.41) is 4.87. The summed E-state index contributed by atoms with van der Waals surface area (Å²) in [5.41, 5.74) is 8.22. The highest BCUT2D eigenvalue weighted by molar-refractivity contribution is 9.10. The first kappa shape index (κ1) is 13.6. The third-order valence-electron chi connectivity index (χ3n) is 2.85. The molecule has 2 aromatic rings. The maximum atomic E-state index is 6.03. The van der Waals surface area contributed by atoms with Crippen LogP contribution in [0.3, 0.4) is 0 Å². The molecule has 0 saturated heterocycles. The molecule has 0 aliphatic rings. The van der Waals surface area contributed by atoms with E-state index in [9.17, 15) is 0 Å². The number of nitrogens with zero attached hydrogens (tertiary/aromatic N) is 2. The van der Waals surface area contributed by atoms with Crippen molar-refractivity contribution in [2.45, 2.75) is 25.8 Å². The summed E-state index contributed by atoms with van der Waals surface area (Å²) in [6.07, 6.45) is 5.21. The normalized spacial score (nSPS) is 12.7. The predicted molar refractivity (Wildman–Crippen MR) is 78.2 cm³/mol. The Morgan fingerprint density at radius 3 is 2.89 bits per heavy atom. The van der Waals surface area contributed by atoms with Crippen LogP contribution in [0.5, 0.6) is 0 Å². The summed E-state index contributed by atoms with van der Waals surface area (Å²) in [4.78, 5) is 0. The van der Waals surface area contributed by atoms with E-state index in [1.807, 2.05) is 12.1 Å². The molecule has 2 N–H and O–H groups in total. The molecule has 3 nitrogen and oxygen atoms in total. The Morgan fingerprint density at radius 1 is 1.50 bits per heavy atom. The van der Waals surface area contributed by atoms with Crippen LogP contribution in [0.2, 0.25) is 5.02 Å². The van der Waals surface area contributed by atoms with Gasteiger partial charge in [-0.2, -0.15) is 5.10 Å². The minimum absolute atomic E-state index is 0.163. The van der Waals surface area contributed by atoms with Crippen molar-refractivity contribution >= 4 is 27.5 Å². The molecule has 1 atom stereocenters. The summed E-state index contributed by atoms with van der Waals surface area (Å²) < 4.78 is 2.79. The molecule has 0 fully saturated rings. The lowest BCUT2D eigenvalue weighted by Crippen LogP contribution is -2.22. The lowest BCUT2D eigenvalue weighted by Gasteiger charge is -2.13. The molecule has 1 heterocycles. The molecule has 96 valence electrons. The fourth-order valence-electron chi connectivity index (χ4n) is 1.78. The molecule has 0 aliphatic heterocycles. The first-order valence-electron chi connectivity index (χ1n) is 5.84. The third kappa shape index (κ3) is 3.13. The van der Waals surface area contributed by atoms with Gasteiger partial charge in [-0.05, 0) is 30.5 Å². The SMILES string of the molecule is CCC(N)Cc1ccc(Br)cc1-n1cc(Cl)cn1. The summed E-state index contributed by atoms with van der Waals surface area (Å²) in [7, 11) is 0. The molecule has 1 aromatic heterocycles. The Labute approximate surface area is 120 Å². The number of nitrogens with two attached hydrogens (primary N) is 1.